The number of sulfone groups is 1. The first-order chi connectivity index (χ1) is 7.44. The van der Waals surface area contributed by atoms with Crippen LogP contribution >= 0.6 is 0 Å². The van der Waals surface area contributed by atoms with Crippen LogP contribution in [0.15, 0.2) is 0 Å². The van der Waals surface area contributed by atoms with Gasteiger partial charge in [0.15, 0.2) is 9.84 Å². The van der Waals surface area contributed by atoms with Crippen molar-refractivity contribution in [2.75, 3.05) is 5.75 Å². The molecule has 0 aliphatic carbocycles. The molecule has 1 saturated heterocycles. The highest BCUT2D eigenvalue weighted by atomic mass is 32.2. The molecule has 1 fully saturated rings. The molecule has 1 rings (SSSR count). The van der Waals surface area contributed by atoms with E-state index in [-0.39, 0.29) is 18.6 Å². The van der Waals surface area contributed by atoms with Crippen LogP contribution in [0.3, 0.4) is 0 Å². The standard InChI is InChI=1S/C10H17NO4S/c1-3-8(12)11(9(13)4-2)10-6-5-7-16(10,14)15/h10H,3-7H2,1-2H3. The van der Waals surface area contributed by atoms with E-state index < -0.39 is 27.0 Å². The number of rotatable bonds is 3. The summed E-state index contributed by atoms with van der Waals surface area (Å²) in [5.41, 5.74) is 0. The Labute approximate surface area is 95.7 Å². The molecular formula is C10H17NO4S. The molecule has 0 radical (unpaired) electrons. The molecule has 0 spiro atoms. The molecule has 92 valence electrons. The maximum atomic E-state index is 11.7. The van der Waals surface area contributed by atoms with Gasteiger partial charge < -0.3 is 0 Å². The molecule has 0 saturated carbocycles. The summed E-state index contributed by atoms with van der Waals surface area (Å²) in [7, 11) is -3.31. The van der Waals surface area contributed by atoms with Crippen molar-refractivity contribution in [3.8, 4) is 0 Å². The minimum atomic E-state index is -3.31. The Morgan fingerprint density at radius 3 is 2.00 bits per heavy atom. The highest BCUT2D eigenvalue weighted by Gasteiger charge is 2.40. The Bertz CT molecular complexity index is 372. The van der Waals surface area contributed by atoms with Gasteiger partial charge in [0.05, 0.1) is 5.75 Å². The molecule has 16 heavy (non-hydrogen) atoms. The van der Waals surface area contributed by atoms with E-state index in [1.165, 1.54) is 0 Å². The van der Waals surface area contributed by atoms with E-state index in [4.69, 9.17) is 0 Å². The fraction of sp³-hybridized carbons (Fsp3) is 0.800. The second kappa shape index (κ2) is 4.95. The fourth-order valence-electron chi connectivity index (χ4n) is 1.87. The smallest absolute Gasteiger partial charge is 0.230 e. The molecule has 1 aliphatic rings. The summed E-state index contributed by atoms with van der Waals surface area (Å²) in [6, 6.07) is 0. The van der Waals surface area contributed by atoms with Crippen molar-refractivity contribution in [1.82, 2.24) is 4.90 Å². The fourth-order valence-corrected chi connectivity index (χ4v) is 3.79. The SMILES string of the molecule is CCC(=O)N(C(=O)CC)C1CCCS1(=O)=O. The third kappa shape index (κ3) is 2.42. The van der Waals surface area contributed by atoms with Gasteiger partial charge in [-0.15, -0.1) is 0 Å². The van der Waals surface area contributed by atoms with Gasteiger partial charge in [0.2, 0.25) is 11.8 Å². The van der Waals surface area contributed by atoms with Crippen LogP contribution < -0.4 is 0 Å². The molecule has 0 aromatic heterocycles. The maximum absolute atomic E-state index is 11.7. The van der Waals surface area contributed by atoms with Gasteiger partial charge in [0.25, 0.3) is 0 Å². The van der Waals surface area contributed by atoms with Crippen LogP contribution in [0.2, 0.25) is 0 Å². The lowest BCUT2D eigenvalue weighted by atomic mass is 10.2. The highest BCUT2D eigenvalue weighted by molar-refractivity contribution is 7.92. The van der Waals surface area contributed by atoms with Crippen molar-refractivity contribution < 1.29 is 18.0 Å². The average molecular weight is 247 g/mol. The Balaban J connectivity index is 3.02. The maximum Gasteiger partial charge on any atom is 0.230 e. The van der Waals surface area contributed by atoms with Gasteiger partial charge in [-0.25, -0.2) is 8.42 Å². The highest BCUT2D eigenvalue weighted by Crippen LogP contribution is 2.24. The summed E-state index contributed by atoms with van der Waals surface area (Å²) in [6.45, 7) is 3.25. The summed E-state index contributed by atoms with van der Waals surface area (Å²) >= 11 is 0. The largest absolute Gasteiger partial charge is 0.274 e. The molecule has 1 atom stereocenters. The van der Waals surface area contributed by atoms with Crippen LogP contribution in [0, 0.1) is 0 Å². The summed E-state index contributed by atoms with van der Waals surface area (Å²) < 4.78 is 23.4. The Hall–Kier alpha value is -0.910. The van der Waals surface area contributed by atoms with Crippen molar-refractivity contribution in [3.63, 3.8) is 0 Å². The van der Waals surface area contributed by atoms with E-state index in [0.29, 0.717) is 12.8 Å². The minimum Gasteiger partial charge on any atom is -0.274 e. The quantitative estimate of drug-likeness (QED) is 0.736. The first kappa shape index (κ1) is 13.2. The molecule has 1 heterocycles. The predicted octanol–water partition coefficient (Wildman–Crippen LogP) is 0.696. The molecule has 0 bridgehead atoms. The zero-order chi connectivity index (χ0) is 12.3. The lowest BCUT2D eigenvalue weighted by Crippen LogP contribution is -2.46. The predicted molar refractivity (Wildman–Crippen MR) is 59.2 cm³/mol. The molecule has 5 nitrogen and oxygen atoms in total. The summed E-state index contributed by atoms with van der Waals surface area (Å²) in [5.74, 6) is -0.730. The first-order valence-electron chi connectivity index (χ1n) is 5.50. The number of nitrogens with zero attached hydrogens (tertiary/aromatic N) is 1. The lowest BCUT2D eigenvalue weighted by molar-refractivity contribution is -0.145. The van der Waals surface area contributed by atoms with Crippen LogP contribution in [-0.4, -0.2) is 36.3 Å². The Morgan fingerprint density at radius 2 is 1.69 bits per heavy atom. The van der Waals surface area contributed by atoms with E-state index in [9.17, 15) is 18.0 Å². The van der Waals surface area contributed by atoms with Gasteiger partial charge in [0.1, 0.15) is 5.37 Å². The van der Waals surface area contributed by atoms with Crippen molar-refractivity contribution in [2.24, 2.45) is 0 Å². The molecule has 6 heteroatoms. The molecule has 2 amide bonds. The average Bonchev–Trinajstić information content (AvgIpc) is 2.58. The van der Waals surface area contributed by atoms with Gasteiger partial charge in [-0.05, 0) is 12.8 Å². The van der Waals surface area contributed by atoms with E-state index in [1.807, 2.05) is 0 Å². The number of carbonyl (C=O) groups is 2. The van der Waals surface area contributed by atoms with E-state index in [0.717, 1.165) is 4.90 Å². The number of hydrogen-bond donors (Lipinski definition) is 0. The van der Waals surface area contributed by atoms with Crippen LogP contribution in [0.1, 0.15) is 39.5 Å². The first-order valence-corrected chi connectivity index (χ1v) is 7.22. The monoisotopic (exact) mass is 247 g/mol. The lowest BCUT2D eigenvalue weighted by Gasteiger charge is -2.25. The van der Waals surface area contributed by atoms with Crippen LogP contribution in [-0.2, 0) is 19.4 Å². The molecular weight excluding hydrogens is 230 g/mol. The second-order valence-corrected chi connectivity index (χ2v) is 6.11. The van der Waals surface area contributed by atoms with Gasteiger partial charge >= 0.3 is 0 Å². The molecule has 1 aliphatic heterocycles. The van der Waals surface area contributed by atoms with Crippen LogP contribution in [0.5, 0.6) is 0 Å². The van der Waals surface area contributed by atoms with Crippen molar-refractivity contribution in [2.45, 2.75) is 44.9 Å². The summed E-state index contributed by atoms with van der Waals surface area (Å²) in [5, 5.41) is -0.924. The Kier molecular flexibility index (Phi) is 4.07. The van der Waals surface area contributed by atoms with Crippen LogP contribution in [0.4, 0.5) is 0 Å². The molecule has 0 N–H and O–H groups in total. The van der Waals surface area contributed by atoms with Crippen molar-refractivity contribution >= 4 is 21.7 Å². The topological polar surface area (TPSA) is 71.5 Å². The van der Waals surface area contributed by atoms with Gasteiger partial charge in [0, 0.05) is 12.8 Å². The minimum absolute atomic E-state index is 0.0716. The normalized spacial score (nSPS) is 23.0. The summed E-state index contributed by atoms with van der Waals surface area (Å²) in [4.78, 5) is 24.2. The molecule has 0 aromatic carbocycles. The number of amides is 2. The van der Waals surface area contributed by atoms with Gasteiger partial charge in [-0.3, -0.25) is 14.5 Å². The molecule has 0 aromatic rings. The third-order valence-corrected chi connectivity index (χ3v) is 4.86. The zero-order valence-corrected chi connectivity index (χ0v) is 10.4. The number of carbonyl (C=O) groups excluding carboxylic acids is 2. The number of hydrogen-bond acceptors (Lipinski definition) is 4. The van der Waals surface area contributed by atoms with E-state index in [2.05, 4.69) is 0 Å². The summed E-state index contributed by atoms with van der Waals surface area (Å²) in [6.07, 6.45) is 1.20. The van der Waals surface area contributed by atoms with E-state index >= 15 is 0 Å². The third-order valence-electron chi connectivity index (χ3n) is 2.72. The van der Waals surface area contributed by atoms with Crippen LogP contribution in [0.25, 0.3) is 0 Å². The van der Waals surface area contributed by atoms with Gasteiger partial charge in [-0.1, -0.05) is 13.8 Å². The van der Waals surface area contributed by atoms with Crippen molar-refractivity contribution in [1.29, 1.82) is 0 Å². The molecule has 1 unspecified atom stereocenters. The van der Waals surface area contributed by atoms with Gasteiger partial charge in [-0.2, -0.15) is 0 Å². The zero-order valence-electron chi connectivity index (χ0n) is 9.60. The Morgan fingerprint density at radius 1 is 1.19 bits per heavy atom. The number of imide groups is 1. The van der Waals surface area contributed by atoms with E-state index in [1.54, 1.807) is 13.8 Å². The van der Waals surface area contributed by atoms with Crippen molar-refractivity contribution in [3.05, 3.63) is 0 Å². The second-order valence-electron chi connectivity index (χ2n) is 3.83.